The summed E-state index contributed by atoms with van der Waals surface area (Å²) < 4.78 is 0. The van der Waals surface area contributed by atoms with Gasteiger partial charge in [-0.15, -0.1) is 0 Å². The first kappa shape index (κ1) is 10.2. The molecule has 0 radical (unpaired) electrons. The summed E-state index contributed by atoms with van der Waals surface area (Å²) in [6.45, 7) is 0. The van der Waals surface area contributed by atoms with Crippen LogP contribution in [0.25, 0.3) is 0 Å². The molecule has 0 aromatic heterocycles. The Morgan fingerprint density at radius 2 is 2.00 bits per heavy atom. The number of benzene rings is 1. The summed E-state index contributed by atoms with van der Waals surface area (Å²) >= 11 is 0. The zero-order valence-electron chi connectivity index (χ0n) is 8.87. The molecule has 0 fully saturated rings. The second-order valence-electron chi connectivity index (χ2n) is 4.20. The number of nitrogens with zero attached hydrogens (tertiary/aromatic N) is 1. The van der Waals surface area contributed by atoms with Gasteiger partial charge in [0.1, 0.15) is 0 Å². The highest BCUT2D eigenvalue weighted by Gasteiger charge is 2.12. The van der Waals surface area contributed by atoms with E-state index < -0.39 is 0 Å². The van der Waals surface area contributed by atoms with E-state index in [0.29, 0.717) is 6.42 Å². The zero-order chi connectivity index (χ0) is 10.7. The molecule has 0 spiro atoms. The number of aryl methyl sites for hydroxylation is 2. The quantitative estimate of drug-likeness (QED) is 0.797. The van der Waals surface area contributed by atoms with Crippen molar-refractivity contribution in [1.29, 1.82) is 5.26 Å². The lowest BCUT2D eigenvalue weighted by Crippen LogP contribution is -2.11. The van der Waals surface area contributed by atoms with Crippen molar-refractivity contribution in [3.63, 3.8) is 0 Å². The van der Waals surface area contributed by atoms with Crippen LogP contribution in [-0.2, 0) is 12.8 Å². The third kappa shape index (κ3) is 2.19. The van der Waals surface area contributed by atoms with Crippen molar-refractivity contribution in [3.8, 4) is 6.07 Å². The average molecular weight is 200 g/mol. The monoisotopic (exact) mass is 200 g/mol. The molecule has 15 heavy (non-hydrogen) atoms. The van der Waals surface area contributed by atoms with Crippen LogP contribution >= 0.6 is 0 Å². The van der Waals surface area contributed by atoms with Crippen LogP contribution in [0.2, 0.25) is 0 Å². The number of nitriles is 1. The van der Waals surface area contributed by atoms with E-state index in [-0.39, 0.29) is 6.04 Å². The first-order valence-corrected chi connectivity index (χ1v) is 5.55. The molecule has 0 bridgehead atoms. The molecule has 1 aromatic carbocycles. The Balaban J connectivity index is 2.24. The third-order valence-electron chi connectivity index (χ3n) is 3.11. The summed E-state index contributed by atoms with van der Waals surface area (Å²) in [5.74, 6) is 0. The summed E-state index contributed by atoms with van der Waals surface area (Å²) in [5.41, 5.74) is 9.93. The maximum Gasteiger partial charge on any atom is 0.0641 e. The maximum absolute atomic E-state index is 8.61. The maximum atomic E-state index is 8.61. The molecular weight excluding hydrogens is 184 g/mol. The number of fused-ring (bicyclic) bond motifs is 1. The fourth-order valence-electron chi connectivity index (χ4n) is 2.20. The van der Waals surface area contributed by atoms with Crippen LogP contribution < -0.4 is 5.73 Å². The Morgan fingerprint density at radius 3 is 2.73 bits per heavy atom. The van der Waals surface area contributed by atoms with Crippen molar-refractivity contribution < 1.29 is 0 Å². The van der Waals surface area contributed by atoms with E-state index >= 15 is 0 Å². The molecule has 0 unspecified atom stereocenters. The number of nitrogens with two attached hydrogens (primary N) is 1. The molecule has 2 heteroatoms. The molecule has 78 valence electrons. The topological polar surface area (TPSA) is 49.8 Å². The van der Waals surface area contributed by atoms with Gasteiger partial charge < -0.3 is 5.73 Å². The van der Waals surface area contributed by atoms with Crippen LogP contribution in [-0.4, -0.2) is 0 Å². The van der Waals surface area contributed by atoms with E-state index in [1.165, 1.54) is 36.8 Å². The second kappa shape index (κ2) is 4.46. The van der Waals surface area contributed by atoms with Gasteiger partial charge in [-0.25, -0.2) is 0 Å². The lowest BCUT2D eigenvalue weighted by molar-refractivity contribution is 0.678. The van der Waals surface area contributed by atoms with Gasteiger partial charge in [0.05, 0.1) is 12.5 Å². The largest absolute Gasteiger partial charge is 0.323 e. The highest BCUT2D eigenvalue weighted by Crippen LogP contribution is 2.24. The Kier molecular flexibility index (Phi) is 3.03. The molecule has 0 aliphatic heterocycles. The van der Waals surface area contributed by atoms with Gasteiger partial charge in [-0.05, 0) is 42.4 Å². The Morgan fingerprint density at radius 1 is 1.27 bits per heavy atom. The molecule has 0 heterocycles. The van der Waals surface area contributed by atoms with Gasteiger partial charge in [-0.1, -0.05) is 18.2 Å². The zero-order valence-corrected chi connectivity index (χ0v) is 8.87. The third-order valence-corrected chi connectivity index (χ3v) is 3.11. The lowest BCUT2D eigenvalue weighted by atomic mass is 9.89. The minimum Gasteiger partial charge on any atom is -0.323 e. The predicted octanol–water partition coefficient (Wildman–Crippen LogP) is 2.48. The first-order chi connectivity index (χ1) is 7.31. The molecule has 2 nitrogen and oxygen atoms in total. The van der Waals surface area contributed by atoms with E-state index in [9.17, 15) is 0 Å². The lowest BCUT2D eigenvalue weighted by Gasteiger charge is -2.18. The molecule has 0 saturated heterocycles. The van der Waals surface area contributed by atoms with Crippen molar-refractivity contribution >= 4 is 0 Å². The number of hydrogen-bond acceptors (Lipinski definition) is 2. The summed E-state index contributed by atoms with van der Waals surface area (Å²) in [6, 6.07) is 8.45. The normalized spacial score (nSPS) is 16.5. The molecule has 1 aliphatic carbocycles. The Labute approximate surface area is 90.7 Å². The van der Waals surface area contributed by atoms with Crippen LogP contribution in [0, 0.1) is 11.3 Å². The summed E-state index contributed by atoms with van der Waals surface area (Å²) in [7, 11) is 0. The molecule has 1 atom stereocenters. The van der Waals surface area contributed by atoms with E-state index in [1.807, 2.05) is 0 Å². The van der Waals surface area contributed by atoms with Crippen molar-refractivity contribution in [2.24, 2.45) is 5.73 Å². The number of hydrogen-bond donors (Lipinski definition) is 1. The van der Waals surface area contributed by atoms with Gasteiger partial charge >= 0.3 is 0 Å². The van der Waals surface area contributed by atoms with Crippen molar-refractivity contribution in [2.75, 3.05) is 0 Å². The van der Waals surface area contributed by atoms with E-state index in [1.54, 1.807) is 0 Å². The minimum atomic E-state index is -0.123. The van der Waals surface area contributed by atoms with Crippen LogP contribution in [0.1, 0.15) is 42.0 Å². The van der Waals surface area contributed by atoms with Crippen molar-refractivity contribution in [3.05, 3.63) is 34.9 Å². The first-order valence-electron chi connectivity index (χ1n) is 5.55. The van der Waals surface area contributed by atoms with Gasteiger partial charge in [0.25, 0.3) is 0 Å². The van der Waals surface area contributed by atoms with E-state index in [0.717, 1.165) is 5.56 Å². The van der Waals surface area contributed by atoms with Crippen LogP contribution in [0.5, 0.6) is 0 Å². The fourth-order valence-corrected chi connectivity index (χ4v) is 2.20. The summed E-state index contributed by atoms with van der Waals surface area (Å²) in [5, 5.41) is 8.61. The van der Waals surface area contributed by atoms with Crippen LogP contribution in [0.15, 0.2) is 18.2 Å². The van der Waals surface area contributed by atoms with Crippen LogP contribution in [0.4, 0.5) is 0 Å². The molecule has 2 N–H and O–H groups in total. The van der Waals surface area contributed by atoms with Gasteiger partial charge in [0, 0.05) is 6.04 Å². The van der Waals surface area contributed by atoms with Crippen molar-refractivity contribution in [2.45, 2.75) is 38.1 Å². The molecule has 1 aliphatic rings. The second-order valence-corrected chi connectivity index (χ2v) is 4.20. The van der Waals surface area contributed by atoms with Gasteiger partial charge in [-0.2, -0.15) is 5.26 Å². The van der Waals surface area contributed by atoms with E-state index in [2.05, 4.69) is 24.3 Å². The van der Waals surface area contributed by atoms with Gasteiger partial charge in [0.2, 0.25) is 0 Å². The molecule has 1 aromatic rings. The van der Waals surface area contributed by atoms with Gasteiger partial charge in [0.15, 0.2) is 0 Å². The summed E-state index contributed by atoms with van der Waals surface area (Å²) in [4.78, 5) is 0. The molecular formula is C13H16N2. The van der Waals surface area contributed by atoms with Crippen LogP contribution in [0.3, 0.4) is 0 Å². The molecule has 2 rings (SSSR count). The fraction of sp³-hybridized carbons (Fsp3) is 0.462. The predicted molar refractivity (Wildman–Crippen MR) is 60.2 cm³/mol. The highest BCUT2D eigenvalue weighted by atomic mass is 14.6. The smallest absolute Gasteiger partial charge is 0.0641 e. The minimum absolute atomic E-state index is 0.123. The number of rotatable bonds is 2. The Bertz CT molecular complexity index is 390. The molecule has 0 amide bonds. The Hall–Kier alpha value is -1.33. The SMILES string of the molecule is N#CC[C@@H](N)c1ccc2c(c1)CCCC2. The average Bonchev–Trinajstić information content (AvgIpc) is 2.29. The van der Waals surface area contributed by atoms with E-state index in [4.69, 9.17) is 11.0 Å². The standard InChI is InChI=1S/C13H16N2/c14-8-7-13(15)12-6-5-10-3-1-2-4-11(10)9-12/h5-6,9,13H,1-4,7,15H2/t13-/m1/s1. The summed E-state index contributed by atoms with van der Waals surface area (Å²) in [6.07, 6.45) is 5.35. The highest BCUT2D eigenvalue weighted by molar-refractivity contribution is 5.35. The van der Waals surface area contributed by atoms with Gasteiger partial charge in [-0.3, -0.25) is 0 Å². The van der Waals surface area contributed by atoms with Crippen molar-refractivity contribution in [1.82, 2.24) is 0 Å². The molecule has 0 saturated carbocycles.